The second-order valence-electron chi connectivity index (χ2n) is 5.48. The predicted molar refractivity (Wildman–Crippen MR) is 105 cm³/mol. The fourth-order valence-corrected chi connectivity index (χ4v) is 4.65. The molecule has 1 amide bonds. The molecular weight excluding hydrogens is 396 g/mol. The van der Waals surface area contributed by atoms with E-state index in [0.717, 1.165) is 16.1 Å². The lowest BCUT2D eigenvalue weighted by Gasteiger charge is -2.29. The first-order valence-corrected chi connectivity index (χ1v) is 11.4. The number of hydrogen-bond donors (Lipinski definition) is 1. The topological polar surface area (TPSA) is 101 Å². The highest BCUT2D eigenvalue weighted by Gasteiger charge is 2.31. The van der Waals surface area contributed by atoms with Gasteiger partial charge in [-0.1, -0.05) is 29.2 Å². The molecule has 0 unspecified atom stereocenters. The molecule has 0 aliphatic rings. The van der Waals surface area contributed by atoms with Gasteiger partial charge in [-0.2, -0.15) is 0 Å². The third-order valence-corrected chi connectivity index (χ3v) is 6.51. The molecule has 0 bridgehead atoms. The molecule has 1 aromatic heterocycles. The van der Waals surface area contributed by atoms with Crippen molar-refractivity contribution < 1.29 is 17.9 Å². The van der Waals surface area contributed by atoms with Gasteiger partial charge >= 0.3 is 0 Å². The van der Waals surface area contributed by atoms with Crippen LogP contribution >= 0.6 is 23.1 Å². The van der Waals surface area contributed by atoms with Crippen molar-refractivity contribution >= 4 is 49.8 Å². The Morgan fingerprint density at radius 1 is 1.38 bits per heavy atom. The zero-order valence-electron chi connectivity index (χ0n) is 15.0. The van der Waals surface area contributed by atoms with Gasteiger partial charge in [0.05, 0.1) is 19.1 Å². The maximum atomic E-state index is 12.6. The summed E-state index contributed by atoms with van der Waals surface area (Å²) in [5, 5.41) is 10.7. The van der Waals surface area contributed by atoms with Crippen LogP contribution in [0.2, 0.25) is 0 Å². The third-order valence-electron chi connectivity index (χ3n) is 3.47. The molecule has 11 heteroatoms. The van der Waals surface area contributed by atoms with Crippen molar-refractivity contribution in [1.82, 2.24) is 10.2 Å². The minimum Gasteiger partial charge on any atom is -0.495 e. The van der Waals surface area contributed by atoms with Gasteiger partial charge in [-0.15, -0.1) is 10.2 Å². The molecule has 1 heterocycles. The van der Waals surface area contributed by atoms with Crippen LogP contribution < -0.4 is 14.4 Å². The highest BCUT2D eigenvalue weighted by Crippen LogP contribution is 2.33. The molecule has 0 saturated carbocycles. The van der Waals surface area contributed by atoms with Crippen molar-refractivity contribution in [3.63, 3.8) is 0 Å². The number of thioether (sulfide) groups is 1. The summed E-state index contributed by atoms with van der Waals surface area (Å²) in [4.78, 5) is 12.6. The minimum absolute atomic E-state index is 0.305. The number of carbonyl (C=O) groups excluding carboxylic acids is 1. The zero-order chi connectivity index (χ0) is 19.5. The molecular formula is C15H20N4O4S3. The number of nitrogens with zero attached hydrogens (tertiary/aromatic N) is 3. The first-order chi connectivity index (χ1) is 12.2. The highest BCUT2D eigenvalue weighted by molar-refractivity contribution is 8.00. The molecule has 0 radical (unpaired) electrons. The van der Waals surface area contributed by atoms with Crippen molar-refractivity contribution in [1.29, 1.82) is 0 Å². The lowest BCUT2D eigenvalue weighted by atomic mass is 10.2. The lowest BCUT2D eigenvalue weighted by molar-refractivity contribution is -0.116. The minimum atomic E-state index is -3.75. The molecule has 2 rings (SSSR count). The normalized spacial score (nSPS) is 12.5. The van der Waals surface area contributed by atoms with Crippen molar-refractivity contribution in [2.75, 3.05) is 29.2 Å². The van der Waals surface area contributed by atoms with Gasteiger partial charge in [0.15, 0.2) is 4.34 Å². The quantitative estimate of drug-likeness (QED) is 0.546. The summed E-state index contributed by atoms with van der Waals surface area (Å²) in [5.74, 6) is -0.149. The van der Waals surface area contributed by atoms with Crippen molar-refractivity contribution in [3.05, 3.63) is 23.8 Å². The summed E-state index contributed by atoms with van der Waals surface area (Å²) in [6.45, 7) is 3.34. The van der Waals surface area contributed by atoms with Crippen LogP contribution in [0, 0.1) is 6.92 Å². The number of aryl methyl sites for hydroxylation is 1. The van der Waals surface area contributed by atoms with Gasteiger partial charge in [0, 0.05) is 0 Å². The van der Waals surface area contributed by atoms with Crippen molar-refractivity contribution in [3.8, 4) is 5.75 Å². The summed E-state index contributed by atoms with van der Waals surface area (Å²) in [6, 6.07) is 4.13. The van der Waals surface area contributed by atoms with Crippen LogP contribution in [0.3, 0.4) is 0 Å². The van der Waals surface area contributed by atoms with E-state index in [1.165, 1.54) is 37.1 Å². The number of anilines is 2. The second-order valence-corrected chi connectivity index (χ2v) is 9.37. The Labute approximate surface area is 161 Å². The number of nitrogens with one attached hydrogen (secondary N) is 1. The number of hydrogen-bond acceptors (Lipinski definition) is 8. The van der Waals surface area contributed by atoms with E-state index in [2.05, 4.69) is 15.5 Å². The molecule has 0 aliphatic heterocycles. The maximum absolute atomic E-state index is 12.6. The smallest absolute Gasteiger partial charge is 0.249 e. The van der Waals surface area contributed by atoms with Gasteiger partial charge in [0.25, 0.3) is 0 Å². The van der Waals surface area contributed by atoms with E-state index in [-0.39, 0.29) is 0 Å². The van der Waals surface area contributed by atoms with Crippen LogP contribution in [0.15, 0.2) is 22.5 Å². The van der Waals surface area contributed by atoms with E-state index >= 15 is 0 Å². The summed E-state index contributed by atoms with van der Waals surface area (Å²) in [6.07, 6.45) is 2.90. The number of sulfonamides is 1. The average molecular weight is 417 g/mol. The largest absolute Gasteiger partial charge is 0.495 e. The van der Waals surface area contributed by atoms with Crippen molar-refractivity contribution in [2.45, 2.75) is 24.2 Å². The van der Waals surface area contributed by atoms with Crippen LogP contribution in [-0.2, 0) is 14.8 Å². The van der Waals surface area contributed by atoms with Gasteiger partial charge in [-0.05, 0) is 37.8 Å². The number of ether oxygens (including phenoxy) is 1. The van der Waals surface area contributed by atoms with Gasteiger partial charge in [0.2, 0.25) is 21.1 Å². The molecule has 0 saturated heterocycles. The molecule has 1 N–H and O–H groups in total. The van der Waals surface area contributed by atoms with E-state index in [0.29, 0.717) is 20.9 Å². The molecule has 1 aromatic carbocycles. The fourth-order valence-electron chi connectivity index (χ4n) is 2.31. The first kappa shape index (κ1) is 20.5. The summed E-state index contributed by atoms with van der Waals surface area (Å²) >= 11 is 2.63. The van der Waals surface area contributed by atoms with E-state index < -0.39 is 22.0 Å². The summed E-state index contributed by atoms with van der Waals surface area (Å²) in [5.41, 5.74) is 1.15. The number of benzene rings is 1. The van der Waals surface area contributed by atoms with Gasteiger partial charge < -0.3 is 4.74 Å². The Kier molecular flexibility index (Phi) is 6.48. The van der Waals surface area contributed by atoms with Crippen molar-refractivity contribution in [2.24, 2.45) is 0 Å². The molecule has 0 fully saturated rings. The third kappa shape index (κ3) is 4.65. The van der Waals surface area contributed by atoms with Gasteiger partial charge in [-0.3, -0.25) is 14.4 Å². The SMILES string of the molecule is COc1ccc(C)cc1N([C@H](C)C(=O)Nc1nnc(SC)s1)S(C)(=O)=O. The fraction of sp³-hybridized carbons (Fsp3) is 0.400. The monoisotopic (exact) mass is 416 g/mol. The summed E-state index contributed by atoms with van der Waals surface area (Å²) < 4.78 is 31.9. The van der Waals surface area contributed by atoms with E-state index in [1.54, 1.807) is 18.2 Å². The van der Waals surface area contributed by atoms with Crippen LogP contribution in [0.4, 0.5) is 10.8 Å². The number of methoxy groups -OCH3 is 1. The molecule has 0 spiro atoms. The van der Waals surface area contributed by atoms with Crippen LogP contribution in [0.1, 0.15) is 12.5 Å². The molecule has 26 heavy (non-hydrogen) atoms. The molecule has 142 valence electrons. The van der Waals surface area contributed by atoms with Crippen LogP contribution in [0.25, 0.3) is 0 Å². The van der Waals surface area contributed by atoms with E-state index in [9.17, 15) is 13.2 Å². The number of aromatic nitrogens is 2. The standard InChI is InChI=1S/C15H20N4O4S3/c1-9-6-7-12(23-3)11(8-9)19(26(5,21)22)10(2)13(20)16-14-17-18-15(24-4)25-14/h6-8,10H,1-5H3,(H,16,17,20)/t10-/m1/s1. The Balaban J connectivity index is 2.38. The number of carbonyl (C=O) groups is 1. The number of rotatable bonds is 7. The average Bonchev–Trinajstić information content (AvgIpc) is 3.01. The molecule has 1 atom stereocenters. The Morgan fingerprint density at radius 3 is 2.62 bits per heavy atom. The van der Waals surface area contributed by atoms with Gasteiger partial charge in [0.1, 0.15) is 11.8 Å². The molecule has 0 aliphatic carbocycles. The maximum Gasteiger partial charge on any atom is 0.249 e. The van der Waals surface area contributed by atoms with Crippen LogP contribution in [0.5, 0.6) is 5.75 Å². The van der Waals surface area contributed by atoms with Crippen LogP contribution in [-0.4, -0.2) is 50.2 Å². The molecule has 8 nitrogen and oxygen atoms in total. The second kappa shape index (κ2) is 8.23. The lowest BCUT2D eigenvalue weighted by Crippen LogP contribution is -2.45. The van der Waals surface area contributed by atoms with E-state index in [4.69, 9.17) is 4.74 Å². The van der Waals surface area contributed by atoms with E-state index in [1.807, 2.05) is 13.2 Å². The number of amides is 1. The molecule has 2 aromatic rings. The first-order valence-electron chi connectivity index (χ1n) is 7.49. The predicted octanol–water partition coefficient (Wildman–Crippen LogP) is 2.37. The Hall–Kier alpha value is -1.85. The summed E-state index contributed by atoms with van der Waals surface area (Å²) in [7, 11) is -2.30. The highest BCUT2D eigenvalue weighted by atomic mass is 32.2. The Bertz CT molecular complexity index is 898. The zero-order valence-corrected chi connectivity index (χ0v) is 17.5. The van der Waals surface area contributed by atoms with Gasteiger partial charge in [-0.25, -0.2) is 8.42 Å². The Morgan fingerprint density at radius 2 is 2.08 bits per heavy atom.